The van der Waals surface area contributed by atoms with Gasteiger partial charge in [0, 0.05) is 6.42 Å². The van der Waals surface area contributed by atoms with Gasteiger partial charge in [0.2, 0.25) is 0 Å². The maximum absolute atomic E-state index is 11.3. The highest BCUT2D eigenvalue weighted by Gasteiger charge is 2.58. The summed E-state index contributed by atoms with van der Waals surface area (Å²) in [5.74, 6) is 2.53. The molecule has 4 rings (SSSR count). The van der Waals surface area contributed by atoms with Gasteiger partial charge in [-0.15, -0.1) is 6.58 Å². The maximum Gasteiger partial charge on any atom is 0.306 e. The minimum absolute atomic E-state index is 0.256. The molecule has 0 saturated heterocycles. The average molecular weight is 233 g/mol. The number of ether oxygens (including phenoxy) is 1. The molecule has 0 aliphatic heterocycles. The molecule has 0 heterocycles. The Morgan fingerprint density at radius 3 is 2.12 bits per heavy atom. The molecule has 1 radical (unpaired) electrons. The van der Waals surface area contributed by atoms with Crippen molar-refractivity contribution < 1.29 is 9.53 Å². The second-order valence-corrected chi connectivity index (χ2v) is 6.23. The van der Waals surface area contributed by atoms with E-state index in [1.807, 2.05) is 6.08 Å². The van der Waals surface area contributed by atoms with Crippen LogP contribution in [-0.2, 0) is 9.53 Å². The van der Waals surface area contributed by atoms with Gasteiger partial charge in [0.1, 0.15) is 5.60 Å². The quantitative estimate of drug-likeness (QED) is 0.553. The van der Waals surface area contributed by atoms with E-state index in [9.17, 15) is 4.79 Å². The van der Waals surface area contributed by atoms with Crippen molar-refractivity contribution in [2.45, 2.75) is 44.1 Å². The zero-order valence-electron chi connectivity index (χ0n) is 10.4. The van der Waals surface area contributed by atoms with Crippen LogP contribution in [0, 0.1) is 30.6 Å². The van der Waals surface area contributed by atoms with Crippen LogP contribution in [0.3, 0.4) is 0 Å². The van der Waals surface area contributed by atoms with Crippen LogP contribution in [0.5, 0.6) is 0 Å². The monoisotopic (exact) mass is 233 g/mol. The van der Waals surface area contributed by atoms with Crippen LogP contribution in [-0.4, -0.2) is 11.6 Å². The van der Waals surface area contributed by atoms with Gasteiger partial charge in [-0.3, -0.25) is 4.79 Å². The summed E-state index contributed by atoms with van der Waals surface area (Å²) < 4.78 is 5.73. The maximum atomic E-state index is 11.3. The minimum atomic E-state index is -0.362. The first-order valence-electron chi connectivity index (χ1n) is 6.80. The molecule has 4 aliphatic rings. The van der Waals surface area contributed by atoms with Gasteiger partial charge in [0.25, 0.3) is 0 Å². The first-order chi connectivity index (χ1) is 8.14. The highest BCUT2D eigenvalue weighted by atomic mass is 16.6. The van der Waals surface area contributed by atoms with E-state index in [0.717, 1.165) is 18.3 Å². The minimum Gasteiger partial charge on any atom is -0.458 e. The zero-order chi connectivity index (χ0) is 12.0. The van der Waals surface area contributed by atoms with Gasteiger partial charge in [-0.25, -0.2) is 0 Å². The predicted molar refractivity (Wildman–Crippen MR) is 66.0 cm³/mol. The molecule has 0 amide bonds. The third-order valence-corrected chi connectivity index (χ3v) is 5.29. The lowest BCUT2D eigenvalue weighted by Crippen LogP contribution is -2.59. The summed E-state index contributed by atoms with van der Waals surface area (Å²) in [7, 11) is 0. The van der Waals surface area contributed by atoms with Crippen molar-refractivity contribution >= 4 is 5.97 Å². The first-order valence-corrected chi connectivity index (χ1v) is 6.80. The summed E-state index contributed by atoms with van der Waals surface area (Å²) in [5, 5.41) is 0. The molecule has 0 spiro atoms. The molecule has 0 aromatic heterocycles. The molecule has 0 unspecified atom stereocenters. The predicted octanol–water partition coefficient (Wildman–Crippen LogP) is 3.13. The lowest BCUT2D eigenvalue weighted by Gasteiger charge is -2.60. The van der Waals surface area contributed by atoms with Crippen molar-refractivity contribution in [3.8, 4) is 0 Å². The number of hydrogen-bond acceptors (Lipinski definition) is 2. The Bertz CT molecular complexity index is 317. The summed E-state index contributed by atoms with van der Waals surface area (Å²) in [5.41, 5.74) is -0.256. The second-order valence-electron chi connectivity index (χ2n) is 6.23. The standard InChI is InChI=1S/C15H21O2/c1-3-4-15(17-10(2)16)13-6-11-5-12(8-13)9-14(15)7-11/h3,11-14H,1-2,4-9H2. The van der Waals surface area contributed by atoms with E-state index in [1.54, 1.807) is 0 Å². The molecule has 93 valence electrons. The van der Waals surface area contributed by atoms with E-state index in [2.05, 4.69) is 13.5 Å². The Balaban J connectivity index is 1.92. The van der Waals surface area contributed by atoms with E-state index in [1.165, 1.54) is 32.1 Å². The van der Waals surface area contributed by atoms with Crippen LogP contribution < -0.4 is 0 Å². The summed E-state index contributed by atoms with van der Waals surface area (Å²) in [6.45, 7) is 7.27. The van der Waals surface area contributed by atoms with E-state index >= 15 is 0 Å². The SMILES string of the molecule is [CH2]C(=O)OC1(CC=C)C2CC3CC(C2)CC1C3. The lowest BCUT2D eigenvalue weighted by molar-refractivity contribution is -0.204. The Morgan fingerprint density at radius 2 is 1.71 bits per heavy atom. The fourth-order valence-corrected chi connectivity index (χ4v) is 4.96. The number of hydrogen-bond donors (Lipinski definition) is 0. The molecule has 4 aliphatic carbocycles. The summed E-state index contributed by atoms with van der Waals surface area (Å²) in [6.07, 6.45) is 9.12. The van der Waals surface area contributed by atoms with Crippen molar-refractivity contribution in [2.24, 2.45) is 23.7 Å². The first kappa shape index (κ1) is 11.3. The van der Waals surface area contributed by atoms with Gasteiger partial charge < -0.3 is 4.74 Å². The smallest absolute Gasteiger partial charge is 0.306 e. The van der Waals surface area contributed by atoms with E-state index in [0.29, 0.717) is 11.8 Å². The molecule has 4 bridgehead atoms. The summed E-state index contributed by atoms with van der Waals surface area (Å²) in [4.78, 5) is 11.3. The molecule has 17 heavy (non-hydrogen) atoms. The van der Waals surface area contributed by atoms with Crippen LogP contribution in [0.4, 0.5) is 0 Å². The number of carbonyl (C=O) groups is 1. The van der Waals surface area contributed by atoms with Gasteiger partial charge in [-0.1, -0.05) is 6.08 Å². The molecule has 0 aromatic rings. The second kappa shape index (κ2) is 3.86. The van der Waals surface area contributed by atoms with Crippen molar-refractivity contribution in [2.75, 3.05) is 0 Å². The molecular formula is C15H21O2. The third-order valence-electron chi connectivity index (χ3n) is 5.29. The van der Waals surface area contributed by atoms with E-state index in [-0.39, 0.29) is 11.6 Å². The lowest BCUT2D eigenvalue weighted by atomic mass is 9.49. The van der Waals surface area contributed by atoms with Crippen molar-refractivity contribution in [1.29, 1.82) is 0 Å². The van der Waals surface area contributed by atoms with Crippen LogP contribution in [0.1, 0.15) is 38.5 Å². The highest BCUT2D eigenvalue weighted by molar-refractivity contribution is 5.74. The Labute approximate surface area is 103 Å². The average Bonchev–Trinajstić information content (AvgIpc) is 2.24. The zero-order valence-corrected chi connectivity index (χ0v) is 10.4. The normalized spacial score (nSPS) is 46.9. The molecule has 0 N–H and O–H groups in total. The third kappa shape index (κ3) is 1.64. The van der Waals surface area contributed by atoms with Gasteiger partial charge in [0.05, 0.1) is 6.92 Å². The van der Waals surface area contributed by atoms with Crippen molar-refractivity contribution in [3.05, 3.63) is 19.6 Å². The fraction of sp³-hybridized carbons (Fsp3) is 0.733. The van der Waals surface area contributed by atoms with Gasteiger partial charge in [-0.2, -0.15) is 0 Å². The van der Waals surface area contributed by atoms with Crippen molar-refractivity contribution in [1.82, 2.24) is 0 Å². The Hall–Kier alpha value is -0.790. The molecule has 0 aromatic carbocycles. The van der Waals surface area contributed by atoms with Crippen molar-refractivity contribution in [3.63, 3.8) is 0 Å². The van der Waals surface area contributed by atoms with Crippen LogP contribution >= 0.6 is 0 Å². The molecule has 4 fully saturated rings. The molecule has 2 heteroatoms. The van der Waals surface area contributed by atoms with Gasteiger partial charge in [0.15, 0.2) is 0 Å². The van der Waals surface area contributed by atoms with Gasteiger partial charge >= 0.3 is 5.97 Å². The number of rotatable bonds is 3. The molecular weight excluding hydrogens is 212 g/mol. The molecule has 4 saturated carbocycles. The van der Waals surface area contributed by atoms with Crippen LogP contribution in [0.15, 0.2) is 12.7 Å². The number of carbonyl (C=O) groups excluding carboxylic acids is 1. The largest absolute Gasteiger partial charge is 0.458 e. The number of esters is 1. The topological polar surface area (TPSA) is 26.3 Å². The molecule has 0 atom stereocenters. The fourth-order valence-electron chi connectivity index (χ4n) is 4.96. The van der Waals surface area contributed by atoms with Crippen LogP contribution in [0.25, 0.3) is 0 Å². The summed E-state index contributed by atoms with van der Waals surface area (Å²) >= 11 is 0. The highest BCUT2D eigenvalue weighted by Crippen LogP contribution is 2.60. The Morgan fingerprint density at radius 1 is 1.18 bits per heavy atom. The van der Waals surface area contributed by atoms with E-state index < -0.39 is 0 Å². The molecule has 2 nitrogen and oxygen atoms in total. The van der Waals surface area contributed by atoms with Gasteiger partial charge in [-0.05, 0) is 55.8 Å². The summed E-state index contributed by atoms with van der Waals surface area (Å²) in [6, 6.07) is 0. The Kier molecular flexibility index (Phi) is 2.57. The van der Waals surface area contributed by atoms with Crippen LogP contribution in [0.2, 0.25) is 0 Å². The van der Waals surface area contributed by atoms with E-state index in [4.69, 9.17) is 4.74 Å².